The third-order valence-corrected chi connectivity index (χ3v) is 5.40. The Balaban J connectivity index is 2.16. The van der Waals surface area contributed by atoms with Crippen LogP contribution in [-0.2, 0) is 13.0 Å². The average Bonchev–Trinajstić information content (AvgIpc) is 3.08. The first-order chi connectivity index (χ1) is 9.01. The molecule has 3 nitrogen and oxygen atoms in total. The summed E-state index contributed by atoms with van der Waals surface area (Å²) in [7, 11) is 0. The van der Waals surface area contributed by atoms with Crippen LogP contribution in [0.5, 0.6) is 0 Å². The smallest absolute Gasteiger partial charge is 0.0738 e. The number of aromatic nitrogens is 2. The molecule has 0 bridgehead atoms. The van der Waals surface area contributed by atoms with Crippen molar-refractivity contribution < 1.29 is 0 Å². The summed E-state index contributed by atoms with van der Waals surface area (Å²) < 4.78 is 3.34. The Morgan fingerprint density at radius 1 is 1.42 bits per heavy atom. The van der Waals surface area contributed by atoms with Gasteiger partial charge in [0.2, 0.25) is 0 Å². The predicted molar refractivity (Wildman–Crippen MR) is 83.5 cm³/mol. The van der Waals surface area contributed by atoms with E-state index < -0.39 is 0 Å². The molecule has 1 aliphatic rings. The fourth-order valence-corrected chi connectivity index (χ4v) is 3.13. The van der Waals surface area contributed by atoms with Crippen molar-refractivity contribution in [2.45, 2.75) is 66.0 Å². The molecule has 2 rings (SSSR count). The number of nitrogens with one attached hydrogen (secondary N) is 1. The molecular weight excluding hydrogens is 302 g/mol. The van der Waals surface area contributed by atoms with Gasteiger partial charge in [0.15, 0.2) is 0 Å². The van der Waals surface area contributed by atoms with Crippen LogP contribution in [0.1, 0.15) is 51.4 Å². The lowest BCUT2D eigenvalue weighted by Gasteiger charge is -2.25. The van der Waals surface area contributed by atoms with Crippen molar-refractivity contribution >= 4 is 15.9 Å². The van der Waals surface area contributed by atoms with Gasteiger partial charge in [0.05, 0.1) is 15.9 Å². The van der Waals surface area contributed by atoms with Gasteiger partial charge in [-0.3, -0.25) is 4.68 Å². The van der Waals surface area contributed by atoms with Gasteiger partial charge in [0.1, 0.15) is 0 Å². The zero-order chi connectivity index (χ0) is 14.0. The van der Waals surface area contributed by atoms with Crippen LogP contribution in [0.25, 0.3) is 0 Å². The lowest BCUT2D eigenvalue weighted by atomic mass is 9.94. The third kappa shape index (κ3) is 3.22. The summed E-state index contributed by atoms with van der Waals surface area (Å²) in [6.45, 7) is 10.9. The molecular formula is C15H26BrN3. The minimum Gasteiger partial charge on any atom is -0.313 e. The van der Waals surface area contributed by atoms with Crippen molar-refractivity contribution in [2.24, 2.45) is 5.41 Å². The summed E-state index contributed by atoms with van der Waals surface area (Å²) >= 11 is 3.71. The second-order valence-electron chi connectivity index (χ2n) is 6.03. The van der Waals surface area contributed by atoms with E-state index in [4.69, 9.17) is 0 Å². The number of hydrogen-bond donors (Lipinski definition) is 1. The molecule has 1 aromatic rings. The first kappa shape index (κ1) is 15.0. The SMILES string of the molecule is CCCNC(Cc1c(Br)c(C)nn1CC)C1(C)CC1. The van der Waals surface area contributed by atoms with E-state index >= 15 is 0 Å². The molecule has 108 valence electrons. The first-order valence-electron chi connectivity index (χ1n) is 7.47. The van der Waals surface area contributed by atoms with Gasteiger partial charge < -0.3 is 5.32 Å². The lowest BCUT2D eigenvalue weighted by molar-refractivity contribution is 0.346. The van der Waals surface area contributed by atoms with Gasteiger partial charge >= 0.3 is 0 Å². The van der Waals surface area contributed by atoms with E-state index in [1.165, 1.54) is 29.4 Å². The van der Waals surface area contributed by atoms with Gasteiger partial charge in [-0.1, -0.05) is 13.8 Å². The Kier molecular flexibility index (Phi) is 4.72. The minimum absolute atomic E-state index is 0.491. The third-order valence-electron chi connectivity index (χ3n) is 4.37. The molecule has 1 saturated carbocycles. The van der Waals surface area contributed by atoms with Crippen LogP contribution < -0.4 is 5.32 Å². The van der Waals surface area contributed by atoms with Crippen LogP contribution >= 0.6 is 15.9 Å². The molecule has 1 aliphatic carbocycles. The number of rotatable bonds is 7. The fraction of sp³-hybridized carbons (Fsp3) is 0.800. The van der Waals surface area contributed by atoms with Gasteiger partial charge in [0.25, 0.3) is 0 Å². The second-order valence-corrected chi connectivity index (χ2v) is 6.82. The molecule has 0 saturated heterocycles. The Bertz CT molecular complexity index is 435. The highest BCUT2D eigenvalue weighted by molar-refractivity contribution is 9.10. The second kappa shape index (κ2) is 5.96. The van der Waals surface area contributed by atoms with E-state index in [2.05, 4.69) is 58.7 Å². The maximum atomic E-state index is 4.61. The molecule has 1 fully saturated rings. The van der Waals surface area contributed by atoms with E-state index in [0.29, 0.717) is 11.5 Å². The standard InChI is InChI=1S/C15H26BrN3/c1-5-9-17-13(15(4)7-8-15)10-12-14(16)11(3)18-19(12)6-2/h13,17H,5-10H2,1-4H3. The monoisotopic (exact) mass is 327 g/mol. The zero-order valence-electron chi connectivity index (χ0n) is 12.6. The normalized spacial score (nSPS) is 18.6. The first-order valence-corrected chi connectivity index (χ1v) is 8.26. The quantitative estimate of drug-likeness (QED) is 0.827. The zero-order valence-corrected chi connectivity index (χ0v) is 14.2. The molecule has 1 unspecified atom stereocenters. The number of halogens is 1. The summed E-state index contributed by atoms with van der Waals surface area (Å²) in [4.78, 5) is 0. The number of nitrogens with zero attached hydrogens (tertiary/aromatic N) is 2. The highest BCUT2D eigenvalue weighted by atomic mass is 79.9. The Morgan fingerprint density at radius 2 is 2.11 bits per heavy atom. The van der Waals surface area contributed by atoms with E-state index in [1.807, 2.05) is 0 Å². The van der Waals surface area contributed by atoms with Crippen LogP contribution in [0.3, 0.4) is 0 Å². The largest absolute Gasteiger partial charge is 0.313 e. The Labute approximate surface area is 125 Å². The molecule has 0 spiro atoms. The molecule has 1 heterocycles. The highest BCUT2D eigenvalue weighted by Crippen LogP contribution is 2.49. The van der Waals surface area contributed by atoms with Crippen LogP contribution in [0.2, 0.25) is 0 Å². The van der Waals surface area contributed by atoms with E-state index in [-0.39, 0.29) is 0 Å². The van der Waals surface area contributed by atoms with Crippen molar-refractivity contribution in [3.8, 4) is 0 Å². The molecule has 1 aromatic heterocycles. The maximum Gasteiger partial charge on any atom is 0.0738 e. The summed E-state index contributed by atoms with van der Waals surface area (Å²) in [6, 6.07) is 0.574. The summed E-state index contributed by atoms with van der Waals surface area (Å²) in [5.74, 6) is 0. The van der Waals surface area contributed by atoms with Crippen molar-refractivity contribution in [3.05, 3.63) is 15.9 Å². The molecule has 0 radical (unpaired) electrons. The van der Waals surface area contributed by atoms with E-state index in [0.717, 1.165) is 25.2 Å². The van der Waals surface area contributed by atoms with Crippen LogP contribution in [0.15, 0.2) is 4.47 Å². The van der Waals surface area contributed by atoms with Gasteiger partial charge in [0, 0.05) is 19.0 Å². The highest BCUT2D eigenvalue weighted by Gasteiger charge is 2.44. The molecule has 19 heavy (non-hydrogen) atoms. The average molecular weight is 328 g/mol. The fourth-order valence-electron chi connectivity index (χ4n) is 2.69. The summed E-state index contributed by atoms with van der Waals surface area (Å²) in [6.07, 6.45) is 4.97. The van der Waals surface area contributed by atoms with Crippen LogP contribution in [0.4, 0.5) is 0 Å². The summed E-state index contributed by atoms with van der Waals surface area (Å²) in [5, 5.41) is 8.35. The molecule has 0 amide bonds. The minimum atomic E-state index is 0.491. The lowest BCUT2D eigenvalue weighted by Crippen LogP contribution is -2.39. The number of hydrogen-bond acceptors (Lipinski definition) is 2. The molecule has 1 N–H and O–H groups in total. The van der Waals surface area contributed by atoms with Crippen molar-refractivity contribution in [1.29, 1.82) is 0 Å². The molecule has 1 atom stereocenters. The Morgan fingerprint density at radius 3 is 2.63 bits per heavy atom. The van der Waals surface area contributed by atoms with Gasteiger partial charge in [-0.15, -0.1) is 0 Å². The van der Waals surface area contributed by atoms with E-state index in [9.17, 15) is 0 Å². The van der Waals surface area contributed by atoms with Crippen molar-refractivity contribution in [2.75, 3.05) is 6.54 Å². The van der Waals surface area contributed by atoms with Crippen LogP contribution in [-0.4, -0.2) is 22.4 Å². The van der Waals surface area contributed by atoms with E-state index in [1.54, 1.807) is 0 Å². The molecule has 4 heteroatoms. The van der Waals surface area contributed by atoms with Gasteiger partial charge in [-0.2, -0.15) is 5.10 Å². The maximum absolute atomic E-state index is 4.61. The number of aryl methyl sites for hydroxylation is 2. The van der Waals surface area contributed by atoms with Crippen molar-refractivity contribution in [3.63, 3.8) is 0 Å². The van der Waals surface area contributed by atoms with Crippen LogP contribution in [0, 0.1) is 12.3 Å². The molecule has 0 aromatic carbocycles. The van der Waals surface area contributed by atoms with Gasteiger partial charge in [-0.05, 0) is 61.0 Å². The van der Waals surface area contributed by atoms with Gasteiger partial charge in [-0.25, -0.2) is 0 Å². The molecule has 0 aliphatic heterocycles. The predicted octanol–water partition coefficient (Wildman–Crippen LogP) is 3.68. The Hall–Kier alpha value is -0.350. The van der Waals surface area contributed by atoms with Crippen molar-refractivity contribution in [1.82, 2.24) is 15.1 Å². The summed E-state index contributed by atoms with van der Waals surface area (Å²) in [5.41, 5.74) is 2.94. The topological polar surface area (TPSA) is 29.9 Å².